The molecule has 2 heterocycles. The van der Waals surface area contributed by atoms with E-state index >= 15 is 0 Å². The van der Waals surface area contributed by atoms with E-state index in [2.05, 4.69) is 131 Å². The quantitative estimate of drug-likeness (QED) is 0.109. The van der Waals surface area contributed by atoms with Gasteiger partial charge in [0.25, 0.3) is 0 Å². The van der Waals surface area contributed by atoms with Crippen LogP contribution in [0, 0.1) is 0 Å². The number of unbranched alkanes of at least 4 members (excludes halogenated alkanes) is 6. The fraction of sp³-hybridized carbons (Fsp3) is 0.333. The molecule has 210 valence electrons. The van der Waals surface area contributed by atoms with Crippen LogP contribution in [0.1, 0.15) is 97.2 Å². The van der Waals surface area contributed by atoms with Crippen molar-refractivity contribution in [2.75, 3.05) is 0 Å². The van der Waals surface area contributed by atoms with Gasteiger partial charge in [0.2, 0.25) is 0 Å². The van der Waals surface area contributed by atoms with Crippen molar-refractivity contribution in [2.24, 2.45) is 0 Å². The summed E-state index contributed by atoms with van der Waals surface area (Å²) in [5.74, 6) is 0. The van der Waals surface area contributed by atoms with Crippen LogP contribution in [0.25, 0.3) is 35.4 Å². The maximum absolute atomic E-state index is 3.69. The minimum Gasteiger partial charge on any atom is -0.129 e. The Hall–Kier alpha value is -1.72. The van der Waals surface area contributed by atoms with Crippen LogP contribution in [-0.4, -0.2) is 0 Å². The Balaban J connectivity index is 1.36. The molecular formula is C36H40Br2S2. The molecule has 0 unspecified atom stereocenters. The third-order valence-electron chi connectivity index (χ3n) is 7.23. The van der Waals surface area contributed by atoms with Gasteiger partial charge in [-0.3, -0.25) is 0 Å². The van der Waals surface area contributed by atoms with Crippen LogP contribution < -0.4 is 0 Å². The van der Waals surface area contributed by atoms with E-state index in [1.54, 1.807) is 0 Å². The number of aryl methyl sites for hydroxylation is 2. The highest BCUT2D eigenvalue weighted by Crippen LogP contribution is 2.32. The Morgan fingerprint density at radius 3 is 1.30 bits per heavy atom. The zero-order valence-corrected chi connectivity index (χ0v) is 28.5. The van der Waals surface area contributed by atoms with Gasteiger partial charge < -0.3 is 0 Å². The van der Waals surface area contributed by atoms with Gasteiger partial charge in [0.05, 0.1) is 7.57 Å². The zero-order chi connectivity index (χ0) is 28.2. The molecule has 0 N–H and O–H groups in total. The van der Waals surface area contributed by atoms with E-state index < -0.39 is 0 Å². The summed E-state index contributed by atoms with van der Waals surface area (Å²) in [6, 6.07) is 22.4. The van der Waals surface area contributed by atoms with E-state index in [9.17, 15) is 0 Å². The monoisotopic (exact) mass is 694 g/mol. The number of hydrogen-bond donors (Lipinski definition) is 0. The average molecular weight is 697 g/mol. The summed E-state index contributed by atoms with van der Waals surface area (Å²) in [4.78, 5) is 2.74. The lowest BCUT2D eigenvalue weighted by molar-refractivity contribution is 0.667. The first kappa shape index (κ1) is 31.2. The molecule has 0 bridgehead atoms. The van der Waals surface area contributed by atoms with Gasteiger partial charge in [0, 0.05) is 9.75 Å². The number of halogens is 2. The second-order valence-corrected chi connectivity index (χ2v) is 15.3. The van der Waals surface area contributed by atoms with Crippen LogP contribution in [0.5, 0.6) is 0 Å². The molecule has 0 aliphatic rings. The van der Waals surface area contributed by atoms with Crippen molar-refractivity contribution >= 4 is 78.8 Å². The lowest BCUT2D eigenvalue weighted by atomic mass is 10.0. The topological polar surface area (TPSA) is 0 Å². The second-order valence-electron chi connectivity index (χ2n) is 10.4. The summed E-state index contributed by atoms with van der Waals surface area (Å²) < 4.78 is 2.44. The summed E-state index contributed by atoms with van der Waals surface area (Å²) in [6.45, 7) is 4.54. The number of benzene rings is 2. The van der Waals surface area contributed by atoms with E-state index in [-0.39, 0.29) is 0 Å². The molecule has 4 rings (SSSR count). The Kier molecular flexibility index (Phi) is 13.0. The molecular weight excluding hydrogens is 656 g/mol. The first-order valence-corrected chi connectivity index (χ1v) is 17.9. The summed E-state index contributed by atoms with van der Waals surface area (Å²) in [6.07, 6.45) is 21.8. The predicted octanol–water partition coefficient (Wildman–Crippen LogP) is 13.6. The average Bonchev–Trinajstić information content (AvgIpc) is 3.52. The van der Waals surface area contributed by atoms with Crippen molar-refractivity contribution in [3.63, 3.8) is 0 Å². The lowest BCUT2D eigenvalue weighted by Gasteiger charge is -2.04. The Morgan fingerprint density at radius 1 is 0.525 bits per heavy atom. The van der Waals surface area contributed by atoms with Gasteiger partial charge >= 0.3 is 0 Å². The lowest BCUT2D eigenvalue weighted by Crippen LogP contribution is -1.85. The molecule has 40 heavy (non-hydrogen) atoms. The highest BCUT2D eigenvalue weighted by atomic mass is 79.9. The molecule has 0 amide bonds. The fourth-order valence-electron chi connectivity index (χ4n) is 4.89. The first-order chi connectivity index (χ1) is 19.6. The van der Waals surface area contributed by atoms with Crippen molar-refractivity contribution in [3.8, 4) is 11.1 Å². The minimum absolute atomic E-state index is 1.16. The van der Waals surface area contributed by atoms with Crippen LogP contribution in [0.4, 0.5) is 0 Å². The zero-order valence-electron chi connectivity index (χ0n) is 23.7. The maximum Gasteiger partial charge on any atom is 0.0707 e. The molecule has 0 saturated heterocycles. The van der Waals surface area contributed by atoms with E-state index in [1.807, 2.05) is 22.7 Å². The summed E-state index contributed by atoms with van der Waals surface area (Å²) in [5, 5.41) is 0. The fourth-order valence-corrected chi connectivity index (χ4v) is 8.17. The van der Waals surface area contributed by atoms with Gasteiger partial charge in [-0.1, -0.05) is 113 Å². The highest BCUT2D eigenvalue weighted by molar-refractivity contribution is 9.11. The Bertz CT molecular complexity index is 1260. The van der Waals surface area contributed by atoms with E-state index in [0.29, 0.717) is 0 Å². The molecule has 4 heteroatoms. The molecule has 0 aliphatic heterocycles. The largest absolute Gasteiger partial charge is 0.129 e. The highest BCUT2D eigenvalue weighted by Gasteiger charge is 2.07. The first-order valence-electron chi connectivity index (χ1n) is 14.7. The number of hydrogen-bond acceptors (Lipinski definition) is 2. The molecule has 0 radical (unpaired) electrons. The summed E-state index contributed by atoms with van der Waals surface area (Å²) in [5.41, 5.74) is 7.89. The van der Waals surface area contributed by atoms with Gasteiger partial charge in [0.15, 0.2) is 0 Å². The predicted molar refractivity (Wildman–Crippen MR) is 189 cm³/mol. The number of thiophene rings is 2. The smallest absolute Gasteiger partial charge is 0.0707 e. The SMILES string of the molecule is CCCCCCc1cc(Br)sc1C=Cc1ccc(-c2ccc(C=Cc3sc(Br)cc3CCCCCC)cc2)cc1. The van der Waals surface area contributed by atoms with Crippen LogP contribution in [0.15, 0.2) is 68.2 Å². The molecule has 0 nitrogen and oxygen atoms in total. The molecule has 0 fully saturated rings. The summed E-state index contributed by atoms with van der Waals surface area (Å²) >= 11 is 11.0. The van der Waals surface area contributed by atoms with Crippen LogP contribution in [0.2, 0.25) is 0 Å². The normalized spacial score (nSPS) is 11.8. The molecule has 0 aliphatic carbocycles. The standard InChI is InChI=1S/C36H40Br2S2/c1-3-5-7-9-11-31-25-35(37)39-33(31)23-17-27-13-19-29(20-14-27)30-21-15-28(16-22-30)18-24-34-32(26-36(38)40-34)12-10-8-6-4-2/h13-26H,3-12H2,1-2H3. The van der Waals surface area contributed by atoms with Crippen molar-refractivity contribution in [1.82, 2.24) is 0 Å². The van der Waals surface area contributed by atoms with Crippen molar-refractivity contribution in [3.05, 3.63) is 100 Å². The molecule has 0 atom stereocenters. The van der Waals surface area contributed by atoms with Crippen molar-refractivity contribution in [2.45, 2.75) is 78.1 Å². The van der Waals surface area contributed by atoms with Gasteiger partial charge in [-0.25, -0.2) is 0 Å². The van der Waals surface area contributed by atoms with Gasteiger partial charge in [0.1, 0.15) is 0 Å². The Labute approximate surface area is 266 Å². The second kappa shape index (κ2) is 16.7. The Morgan fingerprint density at radius 2 is 0.925 bits per heavy atom. The summed E-state index contributed by atoms with van der Waals surface area (Å²) in [7, 11) is 0. The molecule has 0 spiro atoms. The molecule has 2 aromatic heterocycles. The van der Waals surface area contributed by atoms with Gasteiger partial charge in [-0.15, -0.1) is 22.7 Å². The van der Waals surface area contributed by atoms with Crippen LogP contribution in [0.3, 0.4) is 0 Å². The molecule has 4 aromatic rings. The van der Waals surface area contributed by atoms with Crippen molar-refractivity contribution < 1.29 is 0 Å². The van der Waals surface area contributed by atoms with E-state index in [0.717, 1.165) is 12.8 Å². The van der Waals surface area contributed by atoms with E-state index in [1.165, 1.54) is 102 Å². The minimum atomic E-state index is 1.16. The third kappa shape index (κ3) is 9.69. The van der Waals surface area contributed by atoms with Gasteiger partial charge in [-0.2, -0.15) is 0 Å². The third-order valence-corrected chi connectivity index (χ3v) is 10.5. The van der Waals surface area contributed by atoms with Gasteiger partial charge in [-0.05, 0) is 115 Å². The maximum atomic E-state index is 3.69. The van der Waals surface area contributed by atoms with Crippen LogP contribution in [-0.2, 0) is 12.8 Å². The van der Waals surface area contributed by atoms with Crippen molar-refractivity contribution in [1.29, 1.82) is 0 Å². The molecule has 2 aromatic carbocycles. The molecule has 0 saturated carbocycles. The van der Waals surface area contributed by atoms with Crippen LogP contribution >= 0.6 is 54.5 Å². The van der Waals surface area contributed by atoms with E-state index in [4.69, 9.17) is 0 Å². The number of rotatable bonds is 15.